The summed E-state index contributed by atoms with van der Waals surface area (Å²) in [4.78, 5) is 35.9. The normalized spacial score (nSPS) is 31.4. The molecule has 1 aliphatic heterocycles. The molecule has 7 nitrogen and oxygen atoms in total. The van der Waals surface area contributed by atoms with Crippen molar-refractivity contribution in [3.05, 3.63) is 0 Å². The summed E-state index contributed by atoms with van der Waals surface area (Å²) in [6.07, 6.45) is 4.66. The molecule has 2 fully saturated rings. The average Bonchev–Trinajstić information content (AvgIpc) is 2.76. The van der Waals surface area contributed by atoms with E-state index in [1.807, 2.05) is 5.32 Å². The summed E-state index contributed by atoms with van der Waals surface area (Å²) in [5.41, 5.74) is 4.95. The first kappa shape index (κ1) is 14.8. The molecule has 1 saturated carbocycles. The zero-order valence-corrected chi connectivity index (χ0v) is 11.5. The molecule has 20 heavy (non-hydrogen) atoms. The lowest BCUT2D eigenvalue weighted by Gasteiger charge is -2.36. The molecule has 0 aromatic rings. The first-order valence-electron chi connectivity index (χ1n) is 7.02. The van der Waals surface area contributed by atoms with Crippen molar-refractivity contribution in [3.63, 3.8) is 0 Å². The second-order valence-electron chi connectivity index (χ2n) is 5.68. The molecular weight excluding hydrogens is 262 g/mol. The van der Waals surface area contributed by atoms with E-state index in [2.05, 4.69) is 0 Å². The van der Waals surface area contributed by atoms with Gasteiger partial charge in [0.25, 0.3) is 0 Å². The molecular formula is C13H21N3O4. The standard InChI is InChI=1S/C13H21N3O4/c1-7(11(17)15-13(14)20)16-9-5-3-2-4-8(9)6-10(16)12(18)19/h7-10H,2-6H2,1H3,(H,18,19)(H3,14,15,17,20). The van der Waals surface area contributed by atoms with Crippen LogP contribution in [-0.2, 0) is 9.59 Å². The maximum atomic E-state index is 11.9. The summed E-state index contributed by atoms with van der Waals surface area (Å²) in [6.45, 7) is 1.63. The lowest BCUT2D eigenvalue weighted by atomic mass is 9.84. The number of aliphatic carboxylic acids is 1. The van der Waals surface area contributed by atoms with E-state index >= 15 is 0 Å². The lowest BCUT2D eigenvalue weighted by Crippen LogP contribution is -2.54. The van der Waals surface area contributed by atoms with Crippen LogP contribution < -0.4 is 11.1 Å². The number of amides is 3. The van der Waals surface area contributed by atoms with E-state index in [0.717, 1.165) is 25.7 Å². The van der Waals surface area contributed by atoms with Gasteiger partial charge in [0, 0.05) is 6.04 Å². The minimum absolute atomic E-state index is 0.110. The maximum absolute atomic E-state index is 11.9. The number of hydrogen-bond acceptors (Lipinski definition) is 4. The maximum Gasteiger partial charge on any atom is 0.320 e. The minimum Gasteiger partial charge on any atom is -0.480 e. The van der Waals surface area contributed by atoms with Crippen molar-refractivity contribution in [3.8, 4) is 0 Å². The highest BCUT2D eigenvalue weighted by Crippen LogP contribution is 2.40. The molecule has 4 N–H and O–H groups in total. The Hall–Kier alpha value is -1.63. The SMILES string of the molecule is CC(C(=O)NC(N)=O)N1C(C(=O)O)CC2CCCCC21. The Bertz CT molecular complexity index is 426. The predicted molar refractivity (Wildman–Crippen MR) is 70.8 cm³/mol. The minimum atomic E-state index is -0.909. The van der Waals surface area contributed by atoms with Crippen LogP contribution in [0.5, 0.6) is 0 Å². The second-order valence-corrected chi connectivity index (χ2v) is 5.68. The van der Waals surface area contributed by atoms with Gasteiger partial charge in [-0.2, -0.15) is 0 Å². The van der Waals surface area contributed by atoms with Gasteiger partial charge in [-0.05, 0) is 32.1 Å². The van der Waals surface area contributed by atoms with Crippen molar-refractivity contribution in [2.24, 2.45) is 11.7 Å². The zero-order valence-electron chi connectivity index (χ0n) is 11.5. The molecule has 0 aromatic carbocycles. The van der Waals surface area contributed by atoms with Gasteiger partial charge in [0.05, 0.1) is 6.04 Å². The Morgan fingerprint density at radius 1 is 1.30 bits per heavy atom. The molecule has 2 aliphatic rings. The molecule has 4 unspecified atom stereocenters. The smallest absolute Gasteiger partial charge is 0.320 e. The van der Waals surface area contributed by atoms with Crippen molar-refractivity contribution in [2.75, 3.05) is 0 Å². The number of nitrogens with zero attached hydrogens (tertiary/aromatic N) is 1. The van der Waals surface area contributed by atoms with Gasteiger partial charge in [0.1, 0.15) is 6.04 Å². The summed E-state index contributed by atoms with van der Waals surface area (Å²) in [7, 11) is 0. The number of fused-ring (bicyclic) bond motifs is 1. The van der Waals surface area contributed by atoms with Gasteiger partial charge in [0.15, 0.2) is 0 Å². The number of rotatable bonds is 3. The quantitative estimate of drug-likeness (QED) is 0.689. The number of carboxylic acids is 1. The zero-order chi connectivity index (χ0) is 14.9. The first-order valence-corrected chi connectivity index (χ1v) is 7.02. The van der Waals surface area contributed by atoms with E-state index in [1.54, 1.807) is 11.8 Å². The summed E-state index contributed by atoms with van der Waals surface area (Å²) >= 11 is 0. The molecule has 2 rings (SSSR count). The van der Waals surface area contributed by atoms with Crippen LogP contribution in [-0.4, -0.2) is 46.0 Å². The summed E-state index contributed by atoms with van der Waals surface area (Å²) in [5, 5.41) is 11.4. The number of hydrogen-bond donors (Lipinski definition) is 3. The van der Waals surface area contributed by atoms with Crippen molar-refractivity contribution in [1.82, 2.24) is 10.2 Å². The Labute approximate surface area is 117 Å². The van der Waals surface area contributed by atoms with Crippen LogP contribution >= 0.6 is 0 Å². The molecule has 1 aliphatic carbocycles. The van der Waals surface area contributed by atoms with Gasteiger partial charge < -0.3 is 10.8 Å². The Balaban J connectivity index is 2.18. The molecule has 7 heteroatoms. The predicted octanol–water partition coefficient (Wildman–Crippen LogP) is 0.288. The third kappa shape index (κ3) is 2.77. The van der Waals surface area contributed by atoms with Gasteiger partial charge in [0.2, 0.25) is 5.91 Å². The summed E-state index contributed by atoms with van der Waals surface area (Å²) in [6, 6.07) is -2.12. The number of nitrogens with two attached hydrogens (primary N) is 1. The first-order chi connectivity index (χ1) is 9.41. The van der Waals surface area contributed by atoms with Crippen LogP contribution in [0.15, 0.2) is 0 Å². The molecule has 112 valence electrons. The van der Waals surface area contributed by atoms with Crippen LogP contribution in [0.4, 0.5) is 4.79 Å². The number of likely N-dealkylation sites (tertiary alicyclic amines) is 1. The van der Waals surface area contributed by atoms with Crippen molar-refractivity contribution < 1.29 is 19.5 Å². The molecule has 3 amide bonds. The topological polar surface area (TPSA) is 113 Å². The fraction of sp³-hybridized carbons (Fsp3) is 0.769. The van der Waals surface area contributed by atoms with Gasteiger partial charge in [-0.3, -0.25) is 19.8 Å². The monoisotopic (exact) mass is 283 g/mol. The Kier molecular flexibility index (Phi) is 4.27. The molecule has 0 radical (unpaired) electrons. The van der Waals surface area contributed by atoms with Gasteiger partial charge in [-0.25, -0.2) is 4.79 Å². The van der Waals surface area contributed by atoms with Gasteiger partial charge in [-0.15, -0.1) is 0 Å². The van der Waals surface area contributed by atoms with Crippen LogP contribution in [0.2, 0.25) is 0 Å². The third-order valence-electron chi connectivity index (χ3n) is 4.50. The molecule has 0 bridgehead atoms. The average molecular weight is 283 g/mol. The second kappa shape index (κ2) is 5.78. The highest BCUT2D eigenvalue weighted by molar-refractivity contribution is 5.96. The number of primary amides is 1. The van der Waals surface area contributed by atoms with E-state index < -0.39 is 30.0 Å². The van der Waals surface area contributed by atoms with Gasteiger partial charge >= 0.3 is 12.0 Å². The van der Waals surface area contributed by atoms with E-state index in [9.17, 15) is 19.5 Å². The molecule has 0 spiro atoms. The lowest BCUT2D eigenvalue weighted by molar-refractivity contribution is -0.144. The van der Waals surface area contributed by atoms with Crippen LogP contribution in [0.25, 0.3) is 0 Å². The van der Waals surface area contributed by atoms with E-state index in [1.165, 1.54) is 0 Å². The van der Waals surface area contributed by atoms with Crippen molar-refractivity contribution >= 4 is 17.9 Å². The largest absolute Gasteiger partial charge is 0.480 e. The highest BCUT2D eigenvalue weighted by Gasteiger charge is 2.48. The van der Waals surface area contributed by atoms with E-state index in [-0.39, 0.29) is 6.04 Å². The fourth-order valence-corrected chi connectivity index (χ4v) is 3.64. The van der Waals surface area contributed by atoms with Crippen molar-refractivity contribution in [2.45, 2.75) is 57.2 Å². The molecule has 0 aromatic heterocycles. The molecule has 4 atom stereocenters. The van der Waals surface area contributed by atoms with E-state index in [0.29, 0.717) is 12.3 Å². The van der Waals surface area contributed by atoms with E-state index in [4.69, 9.17) is 5.73 Å². The fourth-order valence-electron chi connectivity index (χ4n) is 3.64. The number of carbonyl (C=O) groups excluding carboxylic acids is 2. The number of imide groups is 1. The van der Waals surface area contributed by atoms with Crippen LogP contribution in [0.3, 0.4) is 0 Å². The molecule has 1 saturated heterocycles. The van der Waals surface area contributed by atoms with Gasteiger partial charge in [-0.1, -0.05) is 12.8 Å². The number of urea groups is 1. The molecule has 1 heterocycles. The summed E-state index contributed by atoms with van der Waals surface area (Å²) in [5.74, 6) is -1.11. The highest BCUT2D eigenvalue weighted by atomic mass is 16.4. The number of carbonyl (C=O) groups is 3. The third-order valence-corrected chi connectivity index (χ3v) is 4.50. The Morgan fingerprint density at radius 3 is 2.55 bits per heavy atom. The number of nitrogens with one attached hydrogen (secondary N) is 1. The number of carboxylic acid groups (broad SMARTS) is 1. The van der Waals surface area contributed by atoms with Crippen molar-refractivity contribution in [1.29, 1.82) is 0 Å². The van der Waals surface area contributed by atoms with Crippen LogP contribution in [0, 0.1) is 5.92 Å². The summed E-state index contributed by atoms with van der Waals surface area (Å²) < 4.78 is 0. The Morgan fingerprint density at radius 2 is 1.95 bits per heavy atom. The van der Waals surface area contributed by atoms with Crippen LogP contribution in [0.1, 0.15) is 39.0 Å².